The minimum absolute atomic E-state index is 0.238. The molecule has 0 saturated carbocycles. The van der Waals surface area contributed by atoms with Gasteiger partial charge in [0, 0.05) is 29.9 Å². The van der Waals surface area contributed by atoms with Crippen molar-refractivity contribution in [3.05, 3.63) is 83.0 Å². The zero-order valence-corrected chi connectivity index (χ0v) is 17.0. The van der Waals surface area contributed by atoms with E-state index in [-0.39, 0.29) is 16.8 Å². The minimum Gasteiger partial charge on any atom is -0.351 e. The summed E-state index contributed by atoms with van der Waals surface area (Å²) < 4.78 is 0. The van der Waals surface area contributed by atoms with E-state index >= 15 is 0 Å². The van der Waals surface area contributed by atoms with Crippen molar-refractivity contribution in [2.45, 2.75) is 9.92 Å². The van der Waals surface area contributed by atoms with E-state index in [0.29, 0.717) is 34.9 Å². The van der Waals surface area contributed by atoms with E-state index in [9.17, 15) is 9.59 Å². The largest absolute Gasteiger partial charge is 0.351 e. The first-order chi connectivity index (χ1) is 14.1. The molecule has 1 heterocycles. The predicted molar refractivity (Wildman–Crippen MR) is 116 cm³/mol. The van der Waals surface area contributed by atoms with Gasteiger partial charge in [0.2, 0.25) is 0 Å². The Morgan fingerprint density at radius 2 is 1.79 bits per heavy atom. The van der Waals surface area contributed by atoms with Gasteiger partial charge in [-0.25, -0.2) is 4.98 Å². The number of pyridine rings is 1. The number of aromatic nitrogens is 1. The van der Waals surface area contributed by atoms with Crippen molar-refractivity contribution in [1.29, 1.82) is 0 Å². The molecule has 1 aromatic heterocycles. The molecule has 0 saturated heterocycles. The smallest absolute Gasteiger partial charge is 0.258 e. The second kappa shape index (κ2) is 10.1. The Balaban J connectivity index is 1.75. The number of carbonyl (C=O) groups is 2. The van der Waals surface area contributed by atoms with Crippen LogP contribution in [-0.2, 0) is 0 Å². The molecule has 2 amide bonds. The Bertz CT molecular complexity index is 1010. The summed E-state index contributed by atoms with van der Waals surface area (Å²) in [5.74, 6) is -0.625. The summed E-state index contributed by atoms with van der Waals surface area (Å²) >= 11 is 7.62. The van der Waals surface area contributed by atoms with E-state index in [0.717, 1.165) is 4.90 Å². The molecule has 6 nitrogen and oxygen atoms in total. The van der Waals surface area contributed by atoms with Crippen molar-refractivity contribution in [3.63, 3.8) is 0 Å². The zero-order valence-electron chi connectivity index (χ0n) is 15.4. The lowest BCUT2D eigenvalue weighted by Gasteiger charge is -2.11. The fraction of sp³-hybridized carbons (Fsp3) is 0.0952. The lowest BCUT2D eigenvalue weighted by molar-refractivity contribution is 0.0954. The van der Waals surface area contributed by atoms with Gasteiger partial charge in [-0.1, -0.05) is 41.6 Å². The topological polar surface area (TPSA) is 97.1 Å². The number of hydrogen-bond donors (Lipinski definition) is 3. The Morgan fingerprint density at radius 3 is 2.52 bits per heavy atom. The third-order valence-corrected chi connectivity index (χ3v) is 5.21. The van der Waals surface area contributed by atoms with Gasteiger partial charge in [-0.05, 0) is 42.5 Å². The number of carbonyl (C=O) groups excluding carboxylic acids is 2. The second-order valence-corrected chi connectivity index (χ2v) is 7.43. The summed E-state index contributed by atoms with van der Waals surface area (Å²) in [7, 11) is 0. The molecule has 0 aliphatic rings. The molecule has 3 aromatic rings. The van der Waals surface area contributed by atoms with Gasteiger partial charge < -0.3 is 16.4 Å². The third-order valence-electron chi connectivity index (χ3n) is 3.87. The number of rotatable bonds is 7. The highest BCUT2D eigenvalue weighted by Crippen LogP contribution is 2.29. The molecule has 3 rings (SSSR count). The number of hydrogen-bond acceptors (Lipinski definition) is 5. The van der Waals surface area contributed by atoms with Crippen LogP contribution in [0.4, 0.5) is 5.69 Å². The van der Waals surface area contributed by atoms with Gasteiger partial charge in [-0.2, -0.15) is 0 Å². The number of halogens is 1. The molecule has 0 bridgehead atoms. The van der Waals surface area contributed by atoms with E-state index in [1.54, 1.807) is 30.5 Å². The third kappa shape index (κ3) is 5.57. The Morgan fingerprint density at radius 1 is 1.00 bits per heavy atom. The molecule has 0 spiro atoms. The van der Waals surface area contributed by atoms with Crippen LogP contribution in [0.5, 0.6) is 0 Å². The van der Waals surface area contributed by atoms with E-state index in [1.165, 1.54) is 17.8 Å². The molecule has 4 N–H and O–H groups in total. The van der Waals surface area contributed by atoms with Crippen LogP contribution in [0.15, 0.2) is 76.8 Å². The standard InChI is InChI=1S/C21H19ClN4O2S/c22-18-13-14(8-9-16(18)19(27)24-12-10-23)26-20(28)17-7-4-11-25-21(17)29-15-5-2-1-3-6-15/h1-9,11,13H,10,12,23H2,(H,24,27)(H,26,28). The van der Waals surface area contributed by atoms with Gasteiger partial charge in [0.15, 0.2) is 0 Å². The zero-order chi connectivity index (χ0) is 20.6. The first kappa shape index (κ1) is 20.9. The maximum Gasteiger partial charge on any atom is 0.258 e. The molecule has 0 aliphatic heterocycles. The van der Waals surface area contributed by atoms with E-state index in [2.05, 4.69) is 15.6 Å². The molecule has 0 aliphatic carbocycles. The van der Waals surface area contributed by atoms with Crippen LogP contribution < -0.4 is 16.4 Å². The van der Waals surface area contributed by atoms with Crippen molar-refractivity contribution < 1.29 is 9.59 Å². The average molecular weight is 427 g/mol. The molecule has 8 heteroatoms. The molecule has 29 heavy (non-hydrogen) atoms. The summed E-state index contributed by atoms with van der Waals surface area (Å²) in [6, 6.07) is 17.8. The summed E-state index contributed by atoms with van der Waals surface area (Å²) in [6.45, 7) is 0.697. The van der Waals surface area contributed by atoms with Gasteiger partial charge in [-0.3, -0.25) is 9.59 Å². The highest BCUT2D eigenvalue weighted by Gasteiger charge is 2.15. The lowest BCUT2D eigenvalue weighted by atomic mass is 10.2. The predicted octanol–water partition coefficient (Wildman–Crippen LogP) is 3.83. The van der Waals surface area contributed by atoms with Gasteiger partial charge in [0.05, 0.1) is 16.1 Å². The number of nitrogens with two attached hydrogens (primary N) is 1. The van der Waals surface area contributed by atoms with Crippen molar-refractivity contribution in [2.75, 3.05) is 18.4 Å². The number of amides is 2. The summed E-state index contributed by atoms with van der Waals surface area (Å²) in [6.07, 6.45) is 1.65. The summed E-state index contributed by atoms with van der Waals surface area (Å²) in [4.78, 5) is 30.2. The fourth-order valence-corrected chi connectivity index (χ4v) is 3.67. The van der Waals surface area contributed by atoms with Crippen LogP contribution in [0.3, 0.4) is 0 Å². The Hall–Kier alpha value is -2.87. The fourth-order valence-electron chi connectivity index (χ4n) is 2.50. The van der Waals surface area contributed by atoms with E-state index < -0.39 is 0 Å². The normalized spacial score (nSPS) is 10.4. The van der Waals surface area contributed by atoms with Crippen molar-refractivity contribution >= 4 is 40.9 Å². The highest BCUT2D eigenvalue weighted by molar-refractivity contribution is 7.99. The van der Waals surface area contributed by atoms with Crippen LogP contribution in [-0.4, -0.2) is 29.9 Å². The maximum absolute atomic E-state index is 12.8. The molecule has 0 radical (unpaired) electrons. The SMILES string of the molecule is NCCNC(=O)c1ccc(NC(=O)c2cccnc2Sc2ccccc2)cc1Cl. The van der Waals surface area contributed by atoms with Crippen LogP contribution >= 0.6 is 23.4 Å². The first-order valence-corrected chi connectivity index (χ1v) is 10.0. The van der Waals surface area contributed by atoms with Gasteiger partial charge in [0.1, 0.15) is 5.03 Å². The Labute approximate surface area is 177 Å². The maximum atomic E-state index is 12.8. The van der Waals surface area contributed by atoms with Crippen molar-refractivity contribution in [1.82, 2.24) is 10.3 Å². The summed E-state index contributed by atoms with van der Waals surface area (Å²) in [5, 5.41) is 6.30. The van der Waals surface area contributed by atoms with Gasteiger partial charge >= 0.3 is 0 Å². The van der Waals surface area contributed by atoms with Crippen LogP contribution in [0, 0.1) is 0 Å². The molecular weight excluding hydrogens is 408 g/mol. The Kier molecular flexibility index (Phi) is 7.24. The summed E-state index contributed by atoms with van der Waals surface area (Å²) in [5.41, 5.74) is 6.63. The van der Waals surface area contributed by atoms with E-state index in [1.807, 2.05) is 30.3 Å². The molecular formula is C21H19ClN4O2S. The quantitative estimate of drug-likeness (QED) is 0.533. The molecule has 0 unspecified atom stereocenters. The molecule has 0 fully saturated rings. The van der Waals surface area contributed by atoms with Crippen molar-refractivity contribution in [3.8, 4) is 0 Å². The number of benzene rings is 2. The average Bonchev–Trinajstić information content (AvgIpc) is 2.73. The minimum atomic E-state index is -0.313. The monoisotopic (exact) mass is 426 g/mol. The lowest BCUT2D eigenvalue weighted by Crippen LogP contribution is -2.29. The number of nitrogens with one attached hydrogen (secondary N) is 2. The molecule has 0 atom stereocenters. The van der Waals surface area contributed by atoms with Crippen LogP contribution in [0.25, 0.3) is 0 Å². The second-order valence-electron chi connectivity index (χ2n) is 5.96. The number of anilines is 1. The van der Waals surface area contributed by atoms with Crippen LogP contribution in [0.2, 0.25) is 5.02 Å². The van der Waals surface area contributed by atoms with Gasteiger partial charge in [0.25, 0.3) is 11.8 Å². The van der Waals surface area contributed by atoms with Crippen molar-refractivity contribution in [2.24, 2.45) is 5.73 Å². The van der Waals surface area contributed by atoms with E-state index in [4.69, 9.17) is 17.3 Å². The van der Waals surface area contributed by atoms with Crippen LogP contribution in [0.1, 0.15) is 20.7 Å². The molecule has 148 valence electrons. The van der Waals surface area contributed by atoms with Gasteiger partial charge in [-0.15, -0.1) is 0 Å². The first-order valence-electron chi connectivity index (χ1n) is 8.85. The molecule has 2 aromatic carbocycles. The highest BCUT2D eigenvalue weighted by atomic mass is 35.5. The number of nitrogens with zero attached hydrogens (tertiary/aromatic N) is 1.